The number of carbonyl (C=O) groups excluding carboxylic acids is 2. The van der Waals surface area contributed by atoms with Crippen molar-refractivity contribution in [3.8, 4) is 0 Å². The fourth-order valence-electron chi connectivity index (χ4n) is 2.04. The molecule has 2 aromatic carbocycles. The molecule has 0 heterocycles. The van der Waals surface area contributed by atoms with E-state index in [0.29, 0.717) is 11.8 Å². The van der Waals surface area contributed by atoms with E-state index in [1.54, 1.807) is 24.3 Å². The highest BCUT2D eigenvalue weighted by Gasteiger charge is 2.33. The van der Waals surface area contributed by atoms with Crippen LogP contribution in [0.5, 0.6) is 0 Å². The summed E-state index contributed by atoms with van der Waals surface area (Å²) >= 11 is 5.51. The Morgan fingerprint density at radius 2 is 1.42 bits per heavy atom. The largest absolute Gasteiger partial charge is 0.417 e. The lowest BCUT2D eigenvalue weighted by molar-refractivity contribution is -0.137. The lowest BCUT2D eigenvalue weighted by atomic mass is 10.2. The Morgan fingerprint density at radius 1 is 0.923 bits per heavy atom. The van der Waals surface area contributed by atoms with Crippen molar-refractivity contribution in [3.63, 3.8) is 0 Å². The van der Waals surface area contributed by atoms with Crippen LogP contribution in [0.3, 0.4) is 0 Å². The minimum absolute atomic E-state index is 0.190. The van der Waals surface area contributed by atoms with E-state index in [9.17, 15) is 22.8 Å². The molecule has 2 amide bonds. The van der Waals surface area contributed by atoms with Crippen molar-refractivity contribution < 1.29 is 22.8 Å². The van der Waals surface area contributed by atoms with E-state index in [2.05, 4.69) is 10.6 Å². The highest BCUT2D eigenvalue weighted by atomic mass is 35.5. The third kappa shape index (κ3) is 4.89. The molecule has 0 unspecified atom stereocenters. The van der Waals surface area contributed by atoms with E-state index in [1.165, 1.54) is 6.07 Å². The Labute approximate surface area is 152 Å². The number of nitrogens with zero attached hydrogens (tertiary/aromatic N) is 1. The number of carbonyl (C=O) groups is 2. The average Bonchev–Trinajstić information content (AvgIpc) is 2.56. The highest BCUT2D eigenvalue weighted by molar-refractivity contribution is 6.43. The summed E-state index contributed by atoms with van der Waals surface area (Å²) in [4.78, 5) is 25.7. The molecule has 2 aromatic rings. The molecule has 0 aliphatic heterocycles. The van der Waals surface area contributed by atoms with Crippen LogP contribution in [0.25, 0.3) is 0 Å². The topological polar surface area (TPSA) is 61.4 Å². The van der Waals surface area contributed by atoms with Gasteiger partial charge in [0.2, 0.25) is 0 Å². The Balaban J connectivity index is 2.06. The minimum Gasteiger partial charge on any atom is -0.378 e. The number of halogens is 4. The van der Waals surface area contributed by atoms with Crippen molar-refractivity contribution in [2.45, 2.75) is 6.18 Å². The predicted molar refractivity (Wildman–Crippen MR) is 94.5 cm³/mol. The van der Waals surface area contributed by atoms with Crippen molar-refractivity contribution >= 4 is 40.5 Å². The highest BCUT2D eigenvalue weighted by Crippen LogP contribution is 2.36. The van der Waals surface area contributed by atoms with E-state index in [0.717, 1.165) is 11.8 Å². The minimum atomic E-state index is -4.67. The van der Waals surface area contributed by atoms with E-state index < -0.39 is 28.6 Å². The molecule has 2 rings (SSSR count). The van der Waals surface area contributed by atoms with Crippen molar-refractivity contribution in [2.24, 2.45) is 0 Å². The zero-order chi connectivity index (χ0) is 19.5. The number of hydrogen-bond acceptors (Lipinski definition) is 3. The molecule has 0 saturated carbocycles. The van der Waals surface area contributed by atoms with Gasteiger partial charge < -0.3 is 15.5 Å². The number of anilines is 3. The van der Waals surface area contributed by atoms with E-state index >= 15 is 0 Å². The van der Waals surface area contributed by atoms with Gasteiger partial charge >= 0.3 is 18.0 Å². The maximum absolute atomic E-state index is 12.8. The number of amides is 2. The first-order valence-electron chi connectivity index (χ1n) is 7.34. The second-order valence-corrected chi connectivity index (χ2v) is 5.95. The third-order valence-corrected chi connectivity index (χ3v) is 3.71. The molecule has 0 bridgehead atoms. The Hall–Kier alpha value is -2.74. The number of nitrogens with one attached hydrogen (secondary N) is 2. The third-order valence-electron chi connectivity index (χ3n) is 3.38. The van der Waals surface area contributed by atoms with E-state index in [-0.39, 0.29) is 5.69 Å². The molecule has 2 N–H and O–H groups in total. The van der Waals surface area contributed by atoms with Gasteiger partial charge in [-0.3, -0.25) is 9.59 Å². The quantitative estimate of drug-likeness (QED) is 0.785. The monoisotopic (exact) mass is 385 g/mol. The summed E-state index contributed by atoms with van der Waals surface area (Å²) in [5, 5.41) is 3.98. The summed E-state index contributed by atoms with van der Waals surface area (Å²) in [6.45, 7) is 0. The molecule has 26 heavy (non-hydrogen) atoms. The maximum atomic E-state index is 12.8. The van der Waals surface area contributed by atoms with Crippen LogP contribution in [0.1, 0.15) is 5.56 Å². The van der Waals surface area contributed by atoms with Gasteiger partial charge in [-0.1, -0.05) is 11.6 Å². The molecular weight excluding hydrogens is 371 g/mol. The van der Waals surface area contributed by atoms with Gasteiger partial charge in [-0.15, -0.1) is 0 Å². The summed E-state index contributed by atoms with van der Waals surface area (Å²) < 4.78 is 38.5. The summed E-state index contributed by atoms with van der Waals surface area (Å²) in [6.07, 6.45) is -4.67. The molecule has 0 radical (unpaired) electrons. The number of alkyl halides is 3. The molecule has 0 saturated heterocycles. The molecular formula is C17H15ClF3N3O2. The van der Waals surface area contributed by atoms with Gasteiger partial charge in [0.05, 0.1) is 10.6 Å². The van der Waals surface area contributed by atoms with Crippen LogP contribution in [0, 0.1) is 0 Å². The van der Waals surface area contributed by atoms with Crippen LogP contribution in [0.4, 0.5) is 30.2 Å². The van der Waals surface area contributed by atoms with Gasteiger partial charge in [0, 0.05) is 31.2 Å². The summed E-state index contributed by atoms with van der Waals surface area (Å²) in [6, 6.07) is 9.52. The fraction of sp³-hybridized carbons (Fsp3) is 0.176. The Bertz CT molecular complexity index is 821. The van der Waals surface area contributed by atoms with Gasteiger partial charge in [0.1, 0.15) is 0 Å². The molecule has 0 aliphatic carbocycles. The van der Waals surface area contributed by atoms with E-state index in [4.69, 9.17) is 11.6 Å². The van der Waals surface area contributed by atoms with Crippen LogP contribution < -0.4 is 15.5 Å². The standard InChI is InChI=1S/C17H15ClF3N3O2/c1-24(2)12-6-3-10(4-7-12)22-15(25)16(26)23-11-5-8-14(18)13(9-11)17(19,20)21/h3-9H,1-2H3,(H,22,25)(H,23,26). The van der Waals surface area contributed by atoms with Crippen LogP contribution in [-0.2, 0) is 15.8 Å². The zero-order valence-corrected chi connectivity index (χ0v) is 14.6. The van der Waals surface area contributed by atoms with Crippen LogP contribution in [0.15, 0.2) is 42.5 Å². The molecule has 0 fully saturated rings. The normalized spacial score (nSPS) is 11.0. The van der Waals surface area contributed by atoms with Crippen LogP contribution >= 0.6 is 11.6 Å². The Morgan fingerprint density at radius 3 is 1.92 bits per heavy atom. The van der Waals surface area contributed by atoms with Crippen molar-refractivity contribution in [2.75, 3.05) is 29.6 Å². The average molecular weight is 386 g/mol. The second kappa shape index (κ2) is 7.65. The van der Waals surface area contributed by atoms with Gasteiger partial charge in [0.15, 0.2) is 0 Å². The molecule has 0 spiro atoms. The molecule has 0 aromatic heterocycles. The van der Waals surface area contributed by atoms with Crippen LogP contribution in [0.2, 0.25) is 5.02 Å². The van der Waals surface area contributed by atoms with E-state index in [1.807, 2.05) is 19.0 Å². The van der Waals surface area contributed by atoms with Crippen molar-refractivity contribution in [1.82, 2.24) is 0 Å². The Kier molecular flexibility index (Phi) is 5.76. The first kappa shape index (κ1) is 19.6. The van der Waals surface area contributed by atoms with Gasteiger partial charge in [-0.05, 0) is 42.5 Å². The lowest BCUT2D eigenvalue weighted by Gasteiger charge is -2.13. The molecule has 5 nitrogen and oxygen atoms in total. The summed E-state index contributed by atoms with van der Waals surface area (Å²) in [5.41, 5.74) is -0.0161. The molecule has 138 valence electrons. The summed E-state index contributed by atoms with van der Waals surface area (Å²) in [5.74, 6) is -2.11. The first-order valence-corrected chi connectivity index (χ1v) is 7.72. The van der Waals surface area contributed by atoms with Crippen molar-refractivity contribution in [1.29, 1.82) is 0 Å². The summed E-state index contributed by atoms with van der Waals surface area (Å²) in [7, 11) is 3.70. The zero-order valence-electron chi connectivity index (χ0n) is 13.8. The maximum Gasteiger partial charge on any atom is 0.417 e. The SMILES string of the molecule is CN(C)c1ccc(NC(=O)C(=O)Nc2ccc(Cl)c(C(F)(F)F)c2)cc1. The fourth-order valence-corrected chi connectivity index (χ4v) is 2.26. The van der Waals surface area contributed by atoms with Gasteiger partial charge in [-0.2, -0.15) is 13.2 Å². The first-order chi connectivity index (χ1) is 12.1. The van der Waals surface area contributed by atoms with Gasteiger partial charge in [0.25, 0.3) is 0 Å². The second-order valence-electron chi connectivity index (χ2n) is 5.54. The number of rotatable bonds is 3. The molecule has 0 atom stereocenters. The predicted octanol–water partition coefficient (Wildman–Crippen LogP) is 4.00. The number of benzene rings is 2. The molecule has 9 heteroatoms. The van der Waals surface area contributed by atoms with Crippen LogP contribution in [-0.4, -0.2) is 25.9 Å². The molecule has 0 aliphatic rings. The smallest absolute Gasteiger partial charge is 0.378 e. The number of hydrogen-bond donors (Lipinski definition) is 2. The van der Waals surface area contributed by atoms with Gasteiger partial charge in [-0.25, -0.2) is 0 Å². The lowest BCUT2D eigenvalue weighted by Crippen LogP contribution is -2.29. The van der Waals surface area contributed by atoms with Crippen molar-refractivity contribution in [3.05, 3.63) is 53.1 Å².